The number of hydrogen-bond acceptors (Lipinski definition) is 8. The molecule has 0 unspecified atom stereocenters. The van der Waals surface area contributed by atoms with Crippen LogP contribution in [0, 0.1) is 13.8 Å². The van der Waals surface area contributed by atoms with Crippen LogP contribution in [0.3, 0.4) is 0 Å². The number of fused-ring (bicyclic) bond motifs is 1. The Bertz CT molecular complexity index is 1250. The van der Waals surface area contributed by atoms with Gasteiger partial charge in [0.2, 0.25) is 11.8 Å². The number of amides is 1. The van der Waals surface area contributed by atoms with E-state index in [2.05, 4.69) is 20.3 Å². The van der Waals surface area contributed by atoms with Crippen LogP contribution >= 0.6 is 11.3 Å². The van der Waals surface area contributed by atoms with Gasteiger partial charge < -0.3 is 19.2 Å². The predicted molar refractivity (Wildman–Crippen MR) is 122 cm³/mol. The molecule has 9 heteroatoms. The van der Waals surface area contributed by atoms with Crippen molar-refractivity contribution in [1.29, 1.82) is 0 Å². The first-order valence-electron chi connectivity index (χ1n) is 10.1. The Kier molecular flexibility index (Phi) is 6.48. The van der Waals surface area contributed by atoms with Gasteiger partial charge in [0, 0.05) is 25.6 Å². The second-order valence-corrected chi connectivity index (χ2v) is 8.33. The first-order valence-corrected chi connectivity index (χ1v) is 10.9. The maximum Gasteiger partial charge on any atom is 0.261 e. The number of methoxy groups -OCH3 is 2. The van der Waals surface area contributed by atoms with E-state index in [-0.39, 0.29) is 12.5 Å². The number of aryl methyl sites for hydroxylation is 2. The zero-order valence-electron chi connectivity index (χ0n) is 18.4. The van der Waals surface area contributed by atoms with Crippen LogP contribution in [-0.4, -0.2) is 41.6 Å². The number of nitrogens with one attached hydrogen (secondary N) is 1. The number of ether oxygens (including phenoxy) is 2. The molecule has 0 aliphatic carbocycles. The molecule has 0 fully saturated rings. The smallest absolute Gasteiger partial charge is 0.261 e. The topological polar surface area (TPSA) is 99.4 Å². The third-order valence-corrected chi connectivity index (χ3v) is 6.18. The Morgan fingerprint density at radius 3 is 2.62 bits per heavy atom. The van der Waals surface area contributed by atoms with Gasteiger partial charge in [-0.15, -0.1) is 11.3 Å². The van der Waals surface area contributed by atoms with Gasteiger partial charge in [-0.3, -0.25) is 4.79 Å². The zero-order valence-corrected chi connectivity index (χ0v) is 19.2. The van der Waals surface area contributed by atoms with Crippen LogP contribution in [0.4, 0.5) is 0 Å². The van der Waals surface area contributed by atoms with Gasteiger partial charge in [-0.25, -0.2) is 9.97 Å². The highest BCUT2D eigenvalue weighted by molar-refractivity contribution is 7.20. The molecule has 32 heavy (non-hydrogen) atoms. The monoisotopic (exact) mass is 452 g/mol. The second kappa shape index (κ2) is 9.46. The van der Waals surface area contributed by atoms with Crippen molar-refractivity contribution in [1.82, 2.24) is 20.3 Å². The molecule has 166 valence electrons. The van der Waals surface area contributed by atoms with E-state index < -0.39 is 0 Å². The highest BCUT2D eigenvalue weighted by atomic mass is 32.1. The van der Waals surface area contributed by atoms with Crippen LogP contribution in [-0.2, 0) is 17.8 Å². The van der Waals surface area contributed by atoms with Crippen LogP contribution < -0.4 is 10.1 Å². The lowest BCUT2D eigenvalue weighted by molar-refractivity contribution is 0.0957. The maximum absolute atomic E-state index is 12.8. The molecule has 0 aliphatic rings. The van der Waals surface area contributed by atoms with Gasteiger partial charge in [-0.1, -0.05) is 17.7 Å². The summed E-state index contributed by atoms with van der Waals surface area (Å²) < 4.78 is 16.1. The first-order chi connectivity index (χ1) is 15.5. The summed E-state index contributed by atoms with van der Waals surface area (Å²) >= 11 is 1.32. The van der Waals surface area contributed by atoms with E-state index in [1.165, 1.54) is 16.9 Å². The molecular weight excluding hydrogens is 428 g/mol. The van der Waals surface area contributed by atoms with E-state index in [0.717, 1.165) is 22.2 Å². The number of thiophene rings is 1. The molecule has 3 aromatic heterocycles. The van der Waals surface area contributed by atoms with Gasteiger partial charge in [0.25, 0.3) is 5.91 Å². The summed E-state index contributed by atoms with van der Waals surface area (Å²) in [5.41, 5.74) is 3.69. The van der Waals surface area contributed by atoms with Crippen LogP contribution in [0.25, 0.3) is 21.7 Å². The van der Waals surface area contributed by atoms with Gasteiger partial charge >= 0.3 is 0 Å². The summed E-state index contributed by atoms with van der Waals surface area (Å²) in [7, 11) is 3.13. The Hall–Kier alpha value is -3.30. The number of aromatic nitrogens is 3. The molecule has 8 nitrogen and oxygen atoms in total. The van der Waals surface area contributed by atoms with E-state index >= 15 is 0 Å². The minimum Gasteiger partial charge on any atom is -0.480 e. The SMILES string of the molecule is COCc1nc(OC)c2c(C)c(C(=O)NCCc3coc(-c4ccc(C)cc4)n3)sc2n1. The Balaban J connectivity index is 1.44. The number of carbonyl (C=O) groups excluding carboxylic acids is 1. The molecule has 0 aliphatic heterocycles. The number of carbonyl (C=O) groups is 1. The molecule has 1 amide bonds. The van der Waals surface area contributed by atoms with Gasteiger partial charge in [-0.2, -0.15) is 4.98 Å². The fraction of sp³-hybridized carbons (Fsp3) is 0.304. The summed E-state index contributed by atoms with van der Waals surface area (Å²) in [6.45, 7) is 4.62. The van der Waals surface area contributed by atoms with Crippen LogP contribution in [0.15, 0.2) is 34.9 Å². The zero-order chi connectivity index (χ0) is 22.7. The Labute approximate surface area is 189 Å². The van der Waals surface area contributed by atoms with Crippen molar-refractivity contribution in [3.63, 3.8) is 0 Å². The van der Waals surface area contributed by atoms with E-state index in [9.17, 15) is 4.79 Å². The van der Waals surface area contributed by atoms with Crippen LogP contribution in [0.1, 0.15) is 32.3 Å². The fourth-order valence-electron chi connectivity index (χ4n) is 3.34. The molecule has 0 atom stereocenters. The second-order valence-electron chi connectivity index (χ2n) is 7.33. The van der Waals surface area contributed by atoms with Gasteiger partial charge in [0.1, 0.15) is 17.7 Å². The fourth-order valence-corrected chi connectivity index (χ4v) is 4.44. The number of oxazole rings is 1. The molecule has 3 heterocycles. The van der Waals surface area contributed by atoms with Crippen LogP contribution in [0.2, 0.25) is 0 Å². The standard InChI is InChI=1S/C23H24N4O4S/c1-13-5-7-15(8-6-13)21-25-16(11-31-21)9-10-24-20(28)19-14(2)18-22(30-4)26-17(12-29-3)27-23(18)32-19/h5-8,11H,9-10,12H2,1-4H3,(H,24,28). The summed E-state index contributed by atoms with van der Waals surface area (Å²) in [5, 5.41) is 3.71. The average molecular weight is 453 g/mol. The van der Waals surface area contributed by atoms with Crippen LogP contribution in [0.5, 0.6) is 5.88 Å². The highest BCUT2D eigenvalue weighted by Crippen LogP contribution is 2.35. The summed E-state index contributed by atoms with van der Waals surface area (Å²) in [6.07, 6.45) is 2.19. The minimum atomic E-state index is -0.164. The van der Waals surface area contributed by atoms with E-state index in [1.54, 1.807) is 20.5 Å². The number of benzene rings is 1. The molecule has 1 aromatic carbocycles. The molecule has 0 bridgehead atoms. The molecule has 0 saturated carbocycles. The predicted octanol–water partition coefficient (Wildman–Crippen LogP) is 4.09. The number of hydrogen-bond donors (Lipinski definition) is 1. The van der Waals surface area contributed by atoms with Crippen molar-refractivity contribution in [3.8, 4) is 17.3 Å². The van der Waals surface area contributed by atoms with Crippen molar-refractivity contribution < 1.29 is 18.7 Å². The molecule has 0 saturated heterocycles. The van der Waals surface area contributed by atoms with Crippen molar-refractivity contribution in [2.45, 2.75) is 26.9 Å². The van der Waals surface area contributed by atoms with Crippen molar-refractivity contribution >= 4 is 27.5 Å². The van der Waals surface area contributed by atoms with Gasteiger partial charge in [0.15, 0.2) is 5.82 Å². The Morgan fingerprint density at radius 1 is 1.12 bits per heavy atom. The van der Waals surface area contributed by atoms with Crippen molar-refractivity contribution in [2.75, 3.05) is 20.8 Å². The van der Waals surface area contributed by atoms with E-state index in [1.807, 2.05) is 38.1 Å². The van der Waals surface area contributed by atoms with Crippen molar-refractivity contribution in [2.24, 2.45) is 0 Å². The van der Waals surface area contributed by atoms with E-state index in [0.29, 0.717) is 40.3 Å². The first kappa shape index (κ1) is 21.9. The van der Waals surface area contributed by atoms with Gasteiger partial charge in [0.05, 0.1) is 23.1 Å². The lowest BCUT2D eigenvalue weighted by Gasteiger charge is -2.05. The van der Waals surface area contributed by atoms with Crippen molar-refractivity contribution in [3.05, 3.63) is 58.1 Å². The summed E-state index contributed by atoms with van der Waals surface area (Å²) in [5.74, 6) is 1.37. The number of nitrogens with zero attached hydrogens (tertiary/aromatic N) is 3. The normalized spacial score (nSPS) is 11.1. The quantitative estimate of drug-likeness (QED) is 0.430. The molecule has 4 aromatic rings. The summed E-state index contributed by atoms with van der Waals surface area (Å²) in [4.78, 5) is 27.5. The van der Waals surface area contributed by atoms with E-state index in [4.69, 9.17) is 13.9 Å². The minimum absolute atomic E-state index is 0.164. The summed E-state index contributed by atoms with van der Waals surface area (Å²) in [6, 6.07) is 7.99. The molecular formula is C23H24N4O4S. The highest BCUT2D eigenvalue weighted by Gasteiger charge is 2.21. The number of rotatable bonds is 8. The third kappa shape index (κ3) is 4.49. The third-order valence-electron chi connectivity index (χ3n) is 4.99. The average Bonchev–Trinajstić information content (AvgIpc) is 3.39. The van der Waals surface area contributed by atoms with Gasteiger partial charge in [-0.05, 0) is 31.5 Å². The molecule has 1 N–H and O–H groups in total. The lowest BCUT2D eigenvalue weighted by atomic mass is 10.1. The maximum atomic E-state index is 12.8. The Morgan fingerprint density at radius 2 is 1.91 bits per heavy atom. The lowest BCUT2D eigenvalue weighted by Crippen LogP contribution is -2.25. The largest absolute Gasteiger partial charge is 0.480 e. The molecule has 0 radical (unpaired) electrons. The molecule has 4 rings (SSSR count). The molecule has 0 spiro atoms.